The third-order valence-electron chi connectivity index (χ3n) is 4.14. The molecule has 1 nitrogen and oxygen atoms in total. The fourth-order valence-corrected chi connectivity index (χ4v) is 3.78. The van der Waals surface area contributed by atoms with Crippen molar-refractivity contribution in [3.05, 3.63) is 22.4 Å². The van der Waals surface area contributed by atoms with Crippen molar-refractivity contribution < 1.29 is 5.11 Å². The molecule has 1 fully saturated rings. The number of aliphatic hydroxyl groups excluding tert-OH is 1. The van der Waals surface area contributed by atoms with Gasteiger partial charge in [-0.2, -0.15) is 0 Å². The van der Waals surface area contributed by atoms with Gasteiger partial charge < -0.3 is 5.11 Å². The van der Waals surface area contributed by atoms with E-state index in [1.165, 1.54) is 44.9 Å². The van der Waals surface area contributed by atoms with Crippen LogP contribution < -0.4 is 0 Å². The molecule has 1 atom stereocenters. The predicted molar refractivity (Wildman–Crippen MR) is 74.3 cm³/mol. The van der Waals surface area contributed by atoms with Gasteiger partial charge >= 0.3 is 0 Å². The summed E-state index contributed by atoms with van der Waals surface area (Å²) in [7, 11) is 0. The van der Waals surface area contributed by atoms with Crippen molar-refractivity contribution in [2.45, 2.75) is 58.0 Å². The Kier molecular flexibility index (Phi) is 5.05. The van der Waals surface area contributed by atoms with Crippen LogP contribution in [0.25, 0.3) is 0 Å². The molecule has 0 aromatic carbocycles. The van der Waals surface area contributed by atoms with Crippen LogP contribution in [0.1, 0.15) is 62.9 Å². The minimum Gasteiger partial charge on any atom is -0.387 e. The van der Waals surface area contributed by atoms with Crippen LogP contribution in [-0.4, -0.2) is 5.11 Å². The molecule has 17 heavy (non-hydrogen) atoms. The second kappa shape index (κ2) is 6.55. The minimum absolute atomic E-state index is 0.206. The van der Waals surface area contributed by atoms with Crippen LogP contribution in [0, 0.1) is 11.8 Å². The summed E-state index contributed by atoms with van der Waals surface area (Å²) in [6.07, 6.45) is 8.97. The molecule has 1 aromatic rings. The van der Waals surface area contributed by atoms with E-state index in [4.69, 9.17) is 0 Å². The fourth-order valence-electron chi connectivity index (χ4n) is 2.98. The van der Waals surface area contributed by atoms with Crippen LogP contribution in [0.2, 0.25) is 0 Å². The number of hydrogen-bond acceptors (Lipinski definition) is 2. The number of rotatable bonds is 5. The lowest BCUT2D eigenvalue weighted by atomic mass is 9.77. The highest BCUT2D eigenvalue weighted by Gasteiger charge is 2.27. The Hall–Kier alpha value is -0.340. The van der Waals surface area contributed by atoms with E-state index in [0.717, 1.165) is 10.8 Å². The molecule has 1 unspecified atom stereocenters. The van der Waals surface area contributed by atoms with E-state index in [0.29, 0.717) is 5.92 Å². The lowest BCUT2D eigenvalue weighted by Crippen LogP contribution is -2.20. The summed E-state index contributed by atoms with van der Waals surface area (Å²) in [6.45, 7) is 2.27. The molecule has 96 valence electrons. The third kappa shape index (κ3) is 3.56. The van der Waals surface area contributed by atoms with Crippen molar-refractivity contribution in [2.75, 3.05) is 0 Å². The van der Waals surface area contributed by atoms with Crippen molar-refractivity contribution in [3.63, 3.8) is 0 Å². The van der Waals surface area contributed by atoms with Crippen LogP contribution in [0.3, 0.4) is 0 Å². The molecule has 1 saturated carbocycles. The zero-order chi connectivity index (χ0) is 12.1. The lowest BCUT2D eigenvalue weighted by Gasteiger charge is -2.31. The minimum atomic E-state index is -0.206. The van der Waals surface area contributed by atoms with Crippen LogP contribution in [-0.2, 0) is 0 Å². The van der Waals surface area contributed by atoms with Crippen molar-refractivity contribution in [1.82, 2.24) is 0 Å². The van der Waals surface area contributed by atoms with E-state index in [1.807, 2.05) is 6.07 Å². The molecule has 1 N–H and O–H groups in total. The number of hydrogen-bond donors (Lipinski definition) is 1. The summed E-state index contributed by atoms with van der Waals surface area (Å²) < 4.78 is 0. The van der Waals surface area contributed by atoms with Crippen LogP contribution >= 0.6 is 11.3 Å². The fraction of sp³-hybridized carbons (Fsp3) is 0.733. The maximum absolute atomic E-state index is 10.3. The first kappa shape index (κ1) is 13.1. The Bertz CT molecular complexity index is 299. The SMILES string of the molecule is CCCCC1CCC(C(O)c2cccs2)CC1. The first-order valence-corrected chi connectivity index (χ1v) is 7.90. The third-order valence-corrected chi connectivity index (χ3v) is 5.08. The summed E-state index contributed by atoms with van der Waals surface area (Å²) in [5, 5.41) is 12.4. The zero-order valence-electron chi connectivity index (χ0n) is 10.8. The Morgan fingerprint density at radius 3 is 2.71 bits per heavy atom. The number of aliphatic hydroxyl groups is 1. The monoisotopic (exact) mass is 252 g/mol. The molecule has 1 heterocycles. The molecule has 2 rings (SSSR count). The number of thiophene rings is 1. The normalized spacial score (nSPS) is 26.9. The molecule has 0 bridgehead atoms. The molecule has 0 spiro atoms. The van der Waals surface area contributed by atoms with Crippen LogP contribution in [0.4, 0.5) is 0 Å². The molecule has 1 aliphatic rings. The van der Waals surface area contributed by atoms with E-state index >= 15 is 0 Å². The predicted octanol–water partition coefficient (Wildman–Crippen LogP) is 4.78. The van der Waals surface area contributed by atoms with Gasteiger partial charge in [-0.05, 0) is 36.1 Å². The van der Waals surface area contributed by atoms with Gasteiger partial charge in [0.1, 0.15) is 0 Å². The van der Waals surface area contributed by atoms with Gasteiger partial charge in [0, 0.05) is 4.88 Å². The smallest absolute Gasteiger partial charge is 0.0909 e. The first-order valence-electron chi connectivity index (χ1n) is 7.02. The van der Waals surface area contributed by atoms with E-state index in [-0.39, 0.29) is 6.10 Å². The summed E-state index contributed by atoms with van der Waals surface area (Å²) in [5.41, 5.74) is 0. The van der Waals surface area contributed by atoms with Gasteiger partial charge in [0.25, 0.3) is 0 Å². The average Bonchev–Trinajstić information content (AvgIpc) is 2.90. The highest BCUT2D eigenvalue weighted by molar-refractivity contribution is 7.10. The van der Waals surface area contributed by atoms with E-state index < -0.39 is 0 Å². The summed E-state index contributed by atoms with van der Waals surface area (Å²) >= 11 is 1.69. The van der Waals surface area contributed by atoms with E-state index in [9.17, 15) is 5.11 Å². The molecule has 1 aromatic heterocycles. The second-order valence-corrected chi connectivity index (χ2v) is 6.36. The van der Waals surface area contributed by atoms with Crippen molar-refractivity contribution in [2.24, 2.45) is 11.8 Å². The van der Waals surface area contributed by atoms with Gasteiger partial charge in [0.05, 0.1) is 6.10 Å². The standard InChI is InChI=1S/C15H24OS/c1-2-3-5-12-7-9-13(10-8-12)15(16)14-6-4-11-17-14/h4,6,11-13,15-16H,2-3,5,7-10H2,1H3. The van der Waals surface area contributed by atoms with Crippen LogP contribution in [0.15, 0.2) is 17.5 Å². The second-order valence-electron chi connectivity index (χ2n) is 5.38. The first-order chi connectivity index (χ1) is 8.31. The molecule has 0 radical (unpaired) electrons. The van der Waals surface area contributed by atoms with Gasteiger partial charge in [-0.15, -0.1) is 11.3 Å². The zero-order valence-corrected chi connectivity index (χ0v) is 11.6. The maximum Gasteiger partial charge on any atom is 0.0909 e. The van der Waals surface area contributed by atoms with Gasteiger partial charge in [-0.3, -0.25) is 0 Å². The molecule has 0 saturated heterocycles. The molecule has 0 amide bonds. The Labute approximate surface area is 109 Å². The summed E-state index contributed by atoms with van der Waals surface area (Å²) in [6, 6.07) is 4.11. The van der Waals surface area contributed by atoms with Crippen LogP contribution in [0.5, 0.6) is 0 Å². The molecule has 2 heteroatoms. The highest BCUT2D eigenvalue weighted by atomic mass is 32.1. The molecule has 0 aliphatic heterocycles. The highest BCUT2D eigenvalue weighted by Crippen LogP contribution is 2.39. The van der Waals surface area contributed by atoms with Gasteiger partial charge in [0.2, 0.25) is 0 Å². The van der Waals surface area contributed by atoms with Crippen molar-refractivity contribution in [3.8, 4) is 0 Å². The molecule has 1 aliphatic carbocycles. The molecular weight excluding hydrogens is 228 g/mol. The topological polar surface area (TPSA) is 20.2 Å². The number of unbranched alkanes of at least 4 members (excludes halogenated alkanes) is 1. The summed E-state index contributed by atoms with van der Waals surface area (Å²) in [5.74, 6) is 1.44. The van der Waals surface area contributed by atoms with Crippen molar-refractivity contribution >= 4 is 11.3 Å². The van der Waals surface area contributed by atoms with E-state index in [1.54, 1.807) is 11.3 Å². The van der Waals surface area contributed by atoms with E-state index in [2.05, 4.69) is 18.4 Å². The quantitative estimate of drug-likeness (QED) is 0.799. The van der Waals surface area contributed by atoms with Crippen molar-refractivity contribution in [1.29, 1.82) is 0 Å². The Morgan fingerprint density at radius 2 is 2.12 bits per heavy atom. The van der Waals surface area contributed by atoms with Gasteiger partial charge in [-0.25, -0.2) is 0 Å². The Morgan fingerprint density at radius 1 is 1.35 bits per heavy atom. The largest absolute Gasteiger partial charge is 0.387 e. The molecular formula is C15H24OS. The summed E-state index contributed by atoms with van der Waals surface area (Å²) in [4.78, 5) is 1.15. The average molecular weight is 252 g/mol. The Balaban J connectivity index is 1.79. The lowest BCUT2D eigenvalue weighted by molar-refractivity contribution is 0.0748. The van der Waals surface area contributed by atoms with Gasteiger partial charge in [0.15, 0.2) is 0 Å². The maximum atomic E-state index is 10.3. The van der Waals surface area contributed by atoms with Gasteiger partial charge in [-0.1, -0.05) is 45.1 Å².